The maximum atomic E-state index is 5.28. The third kappa shape index (κ3) is 2.87. The van der Waals surface area contributed by atoms with Gasteiger partial charge in [-0.05, 0) is 17.7 Å². The normalized spacial score (nSPS) is 10.6. The molecule has 0 saturated carbocycles. The second kappa shape index (κ2) is 5.92. The molecule has 21 heavy (non-hydrogen) atoms. The summed E-state index contributed by atoms with van der Waals surface area (Å²) in [4.78, 5) is 8.48. The van der Waals surface area contributed by atoms with E-state index >= 15 is 0 Å². The van der Waals surface area contributed by atoms with Crippen molar-refractivity contribution >= 4 is 11.3 Å². The van der Waals surface area contributed by atoms with E-state index in [9.17, 15) is 0 Å². The highest BCUT2D eigenvalue weighted by molar-refractivity contribution is 7.07. The summed E-state index contributed by atoms with van der Waals surface area (Å²) < 4.78 is 15.7. The zero-order chi connectivity index (χ0) is 14.7. The van der Waals surface area contributed by atoms with Crippen molar-refractivity contribution in [2.24, 2.45) is 0 Å². The van der Waals surface area contributed by atoms with Crippen LogP contribution in [0.15, 0.2) is 33.6 Å². The molecule has 0 aliphatic rings. The Balaban J connectivity index is 1.81. The lowest BCUT2D eigenvalue weighted by molar-refractivity contribution is 0.354. The molecule has 0 unspecified atom stereocenters. The monoisotopic (exact) mass is 303 g/mol. The number of thiazole rings is 1. The van der Waals surface area contributed by atoms with Crippen molar-refractivity contribution in [3.63, 3.8) is 0 Å². The van der Waals surface area contributed by atoms with Gasteiger partial charge in [-0.1, -0.05) is 11.2 Å². The first-order valence-corrected chi connectivity index (χ1v) is 7.16. The van der Waals surface area contributed by atoms with Crippen LogP contribution >= 0.6 is 11.3 Å². The smallest absolute Gasteiger partial charge is 0.277 e. The van der Waals surface area contributed by atoms with Crippen LogP contribution in [0.25, 0.3) is 11.6 Å². The molecule has 0 amide bonds. The minimum absolute atomic E-state index is 0.437. The number of rotatable bonds is 5. The quantitative estimate of drug-likeness (QED) is 0.722. The maximum absolute atomic E-state index is 5.28. The third-order valence-electron chi connectivity index (χ3n) is 2.93. The van der Waals surface area contributed by atoms with Gasteiger partial charge in [-0.2, -0.15) is 4.98 Å². The highest BCUT2D eigenvalue weighted by Gasteiger charge is 2.12. The highest BCUT2D eigenvalue weighted by atomic mass is 32.1. The molecule has 1 aromatic carbocycles. The summed E-state index contributed by atoms with van der Waals surface area (Å²) in [5.74, 6) is 2.41. The number of hydrogen-bond acceptors (Lipinski definition) is 7. The topological polar surface area (TPSA) is 70.3 Å². The summed E-state index contributed by atoms with van der Waals surface area (Å²) >= 11 is 1.49. The Morgan fingerprint density at radius 3 is 2.76 bits per heavy atom. The fourth-order valence-corrected chi connectivity index (χ4v) is 2.45. The van der Waals surface area contributed by atoms with E-state index in [1.54, 1.807) is 19.7 Å². The van der Waals surface area contributed by atoms with E-state index in [-0.39, 0.29) is 0 Å². The molecule has 0 aliphatic carbocycles. The zero-order valence-electron chi connectivity index (χ0n) is 11.6. The van der Waals surface area contributed by atoms with E-state index in [2.05, 4.69) is 15.1 Å². The Morgan fingerprint density at radius 1 is 1.19 bits per heavy atom. The largest absolute Gasteiger partial charge is 0.493 e. The molecular weight excluding hydrogens is 290 g/mol. The standard InChI is InChI=1S/C14H13N3O3S/c1-18-11-4-3-9(5-12(11)19-2)6-13-16-14(20-17-13)10-7-21-8-15-10/h3-5,7-8H,6H2,1-2H3. The molecule has 3 rings (SSSR count). The van der Waals surface area contributed by atoms with Crippen molar-refractivity contribution in [2.45, 2.75) is 6.42 Å². The summed E-state index contributed by atoms with van der Waals surface area (Å²) in [6.07, 6.45) is 0.550. The summed E-state index contributed by atoms with van der Waals surface area (Å²) in [6, 6.07) is 5.70. The van der Waals surface area contributed by atoms with Crippen LogP contribution in [0.5, 0.6) is 11.5 Å². The second-order valence-electron chi connectivity index (χ2n) is 4.26. The predicted molar refractivity (Wildman–Crippen MR) is 77.8 cm³/mol. The maximum Gasteiger partial charge on any atom is 0.277 e. The van der Waals surface area contributed by atoms with Crippen molar-refractivity contribution < 1.29 is 14.0 Å². The van der Waals surface area contributed by atoms with Crippen molar-refractivity contribution in [1.82, 2.24) is 15.1 Å². The Labute approximate surface area is 125 Å². The van der Waals surface area contributed by atoms with Crippen LogP contribution in [0, 0.1) is 0 Å². The van der Waals surface area contributed by atoms with E-state index in [0.29, 0.717) is 35.3 Å². The van der Waals surface area contributed by atoms with Gasteiger partial charge >= 0.3 is 0 Å². The first kappa shape index (κ1) is 13.6. The minimum Gasteiger partial charge on any atom is -0.493 e. The number of nitrogens with zero attached hydrogens (tertiary/aromatic N) is 3. The first-order valence-electron chi connectivity index (χ1n) is 6.22. The fourth-order valence-electron chi connectivity index (χ4n) is 1.92. The van der Waals surface area contributed by atoms with Crippen LogP contribution in [0.2, 0.25) is 0 Å². The van der Waals surface area contributed by atoms with Crippen LogP contribution in [0.1, 0.15) is 11.4 Å². The van der Waals surface area contributed by atoms with Gasteiger partial charge in [0.05, 0.1) is 19.7 Å². The molecule has 0 saturated heterocycles. The number of ether oxygens (including phenoxy) is 2. The molecule has 7 heteroatoms. The van der Waals surface area contributed by atoms with Gasteiger partial charge in [0.1, 0.15) is 5.69 Å². The molecule has 2 heterocycles. The number of methoxy groups -OCH3 is 2. The van der Waals surface area contributed by atoms with Crippen LogP contribution in [-0.2, 0) is 6.42 Å². The number of benzene rings is 1. The molecule has 108 valence electrons. The van der Waals surface area contributed by atoms with Gasteiger partial charge in [-0.25, -0.2) is 4.98 Å². The fraction of sp³-hybridized carbons (Fsp3) is 0.214. The zero-order valence-corrected chi connectivity index (χ0v) is 12.4. The lowest BCUT2D eigenvalue weighted by Crippen LogP contribution is -1.95. The SMILES string of the molecule is COc1ccc(Cc2noc(-c3cscn3)n2)cc1OC. The molecular formula is C14H13N3O3S. The highest BCUT2D eigenvalue weighted by Crippen LogP contribution is 2.28. The molecule has 0 fully saturated rings. The molecule has 2 aromatic heterocycles. The van der Waals surface area contributed by atoms with E-state index in [0.717, 1.165) is 5.56 Å². The summed E-state index contributed by atoms with van der Waals surface area (Å²) in [5, 5.41) is 5.84. The van der Waals surface area contributed by atoms with Crippen LogP contribution in [-0.4, -0.2) is 29.3 Å². The van der Waals surface area contributed by atoms with Gasteiger partial charge in [-0.3, -0.25) is 0 Å². The van der Waals surface area contributed by atoms with Gasteiger partial charge < -0.3 is 14.0 Å². The van der Waals surface area contributed by atoms with E-state index in [4.69, 9.17) is 14.0 Å². The Kier molecular flexibility index (Phi) is 3.83. The Bertz CT molecular complexity index is 725. The third-order valence-corrected chi connectivity index (χ3v) is 3.52. The molecule has 0 radical (unpaired) electrons. The summed E-state index contributed by atoms with van der Waals surface area (Å²) in [7, 11) is 3.22. The lowest BCUT2D eigenvalue weighted by atomic mass is 10.1. The van der Waals surface area contributed by atoms with Gasteiger partial charge in [0.15, 0.2) is 17.3 Å². The lowest BCUT2D eigenvalue weighted by Gasteiger charge is -2.08. The minimum atomic E-state index is 0.437. The molecule has 0 aliphatic heterocycles. The molecule has 0 spiro atoms. The molecule has 6 nitrogen and oxygen atoms in total. The van der Waals surface area contributed by atoms with E-state index in [1.165, 1.54) is 11.3 Å². The van der Waals surface area contributed by atoms with Gasteiger partial charge in [0.2, 0.25) is 0 Å². The average Bonchev–Trinajstić information content (AvgIpc) is 3.17. The van der Waals surface area contributed by atoms with E-state index < -0.39 is 0 Å². The Hall–Kier alpha value is -2.41. The van der Waals surface area contributed by atoms with Crippen LogP contribution in [0.4, 0.5) is 0 Å². The second-order valence-corrected chi connectivity index (χ2v) is 4.97. The van der Waals surface area contributed by atoms with Crippen molar-refractivity contribution in [3.8, 4) is 23.1 Å². The number of hydrogen-bond donors (Lipinski definition) is 0. The summed E-state index contributed by atoms with van der Waals surface area (Å²) in [5.41, 5.74) is 3.44. The van der Waals surface area contributed by atoms with Crippen molar-refractivity contribution in [1.29, 1.82) is 0 Å². The number of aromatic nitrogens is 3. The van der Waals surface area contributed by atoms with E-state index in [1.807, 2.05) is 23.6 Å². The van der Waals surface area contributed by atoms with Gasteiger partial charge in [0.25, 0.3) is 5.89 Å². The average molecular weight is 303 g/mol. The van der Waals surface area contributed by atoms with Crippen LogP contribution < -0.4 is 9.47 Å². The van der Waals surface area contributed by atoms with Gasteiger partial charge in [0, 0.05) is 11.8 Å². The molecule has 0 atom stereocenters. The molecule has 3 aromatic rings. The first-order chi connectivity index (χ1) is 10.3. The summed E-state index contributed by atoms with van der Waals surface area (Å²) in [6.45, 7) is 0. The van der Waals surface area contributed by atoms with Crippen molar-refractivity contribution in [2.75, 3.05) is 14.2 Å². The molecule has 0 N–H and O–H groups in total. The predicted octanol–water partition coefficient (Wildman–Crippen LogP) is 2.80. The van der Waals surface area contributed by atoms with Crippen molar-refractivity contribution in [3.05, 3.63) is 40.5 Å². The Morgan fingerprint density at radius 2 is 2.05 bits per heavy atom. The molecule has 0 bridgehead atoms. The van der Waals surface area contributed by atoms with Gasteiger partial charge in [-0.15, -0.1) is 11.3 Å². The van der Waals surface area contributed by atoms with Crippen LogP contribution in [0.3, 0.4) is 0 Å².